The molecule has 0 fully saturated rings. The first-order valence-corrected chi connectivity index (χ1v) is 5.26. The molecule has 1 aromatic rings. The highest BCUT2D eigenvalue weighted by atomic mass is 16.5. The molecule has 0 aliphatic rings. The molecule has 0 aromatic carbocycles. The maximum atomic E-state index is 11.4. The first-order valence-electron chi connectivity index (χ1n) is 5.26. The van der Waals surface area contributed by atoms with Crippen LogP contribution in [0.3, 0.4) is 0 Å². The number of amides is 2. The summed E-state index contributed by atoms with van der Waals surface area (Å²) in [5.74, 6) is -0.639. The Morgan fingerprint density at radius 2 is 2.39 bits per heavy atom. The second-order valence-corrected chi connectivity index (χ2v) is 3.41. The molecule has 0 aliphatic heterocycles. The van der Waals surface area contributed by atoms with Gasteiger partial charge in [-0.3, -0.25) is 0 Å². The summed E-state index contributed by atoms with van der Waals surface area (Å²) in [6.45, 7) is 3.71. The molecule has 0 spiro atoms. The maximum absolute atomic E-state index is 11.4. The Morgan fingerprint density at radius 1 is 1.61 bits per heavy atom. The van der Waals surface area contributed by atoms with Crippen molar-refractivity contribution in [3.63, 3.8) is 0 Å². The molecular formula is C10H14N4O4. The van der Waals surface area contributed by atoms with Crippen LogP contribution in [0.4, 0.5) is 4.79 Å². The quantitative estimate of drug-likeness (QED) is 0.587. The molecule has 98 valence electrons. The molecule has 0 radical (unpaired) electrons. The smallest absolute Gasteiger partial charge is 0.326 e. The van der Waals surface area contributed by atoms with Gasteiger partial charge in [0.2, 0.25) is 6.39 Å². The highest BCUT2D eigenvalue weighted by Gasteiger charge is 2.17. The van der Waals surface area contributed by atoms with Crippen LogP contribution in [0.2, 0.25) is 0 Å². The molecule has 8 nitrogen and oxygen atoms in total. The van der Waals surface area contributed by atoms with Gasteiger partial charge < -0.3 is 20.3 Å². The second kappa shape index (κ2) is 7.05. The number of carbonyl (C=O) groups is 2. The molecular weight excluding hydrogens is 240 g/mol. The molecule has 1 aromatic heterocycles. The Bertz CT molecular complexity index is 404. The van der Waals surface area contributed by atoms with Gasteiger partial charge in [-0.05, 0) is 6.42 Å². The highest BCUT2D eigenvalue weighted by molar-refractivity contribution is 5.82. The zero-order valence-corrected chi connectivity index (χ0v) is 9.63. The van der Waals surface area contributed by atoms with Crippen LogP contribution < -0.4 is 10.6 Å². The number of hydrogen-bond acceptors (Lipinski definition) is 5. The predicted octanol–water partition coefficient (Wildman–Crippen LogP) is -0.0594. The zero-order valence-electron chi connectivity index (χ0n) is 9.63. The number of rotatable bonds is 7. The van der Waals surface area contributed by atoms with Crippen LogP contribution in [-0.2, 0) is 11.2 Å². The molecule has 18 heavy (non-hydrogen) atoms. The fraction of sp³-hybridized carbons (Fsp3) is 0.400. The maximum Gasteiger partial charge on any atom is 0.326 e. The lowest BCUT2D eigenvalue weighted by atomic mass is 10.2. The predicted molar refractivity (Wildman–Crippen MR) is 60.8 cm³/mol. The SMILES string of the molecule is C=CCC(NC(=O)NCCc1ncon1)C(=O)O. The van der Waals surface area contributed by atoms with Crippen LogP contribution in [0.25, 0.3) is 0 Å². The second-order valence-electron chi connectivity index (χ2n) is 3.41. The number of carboxylic acids is 1. The van der Waals surface area contributed by atoms with Gasteiger partial charge in [-0.1, -0.05) is 11.2 Å². The van der Waals surface area contributed by atoms with Crippen molar-refractivity contribution in [1.82, 2.24) is 20.8 Å². The van der Waals surface area contributed by atoms with Crippen molar-refractivity contribution in [2.24, 2.45) is 0 Å². The Labute approximate surface area is 103 Å². The lowest BCUT2D eigenvalue weighted by Gasteiger charge is -2.12. The molecule has 0 aliphatic carbocycles. The lowest BCUT2D eigenvalue weighted by molar-refractivity contribution is -0.139. The number of carboxylic acid groups (broad SMARTS) is 1. The van der Waals surface area contributed by atoms with E-state index in [0.29, 0.717) is 12.2 Å². The van der Waals surface area contributed by atoms with Gasteiger partial charge in [-0.2, -0.15) is 4.98 Å². The van der Waals surface area contributed by atoms with Gasteiger partial charge in [0.05, 0.1) is 0 Å². The number of nitrogens with one attached hydrogen (secondary N) is 2. The van der Waals surface area contributed by atoms with Crippen LogP contribution >= 0.6 is 0 Å². The van der Waals surface area contributed by atoms with E-state index < -0.39 is 18.0 Å². The van der Waals surface area contributed by atoms with Gasteiger partial charge in [0.15, 0.2) is 5.82 Å². The molecule has 1 heterocycles. The third kappa shape index (κ3) is 4.64. The summed E-state index contributed by atoms with van der Waals surface area (Å²) in [5, 5.41) is 17.2. The summed E-state index contributed by atoms with van der Waals surface area (Å²) >= 11 is 0. The Hall–Kier alpha value is -2.38. The van der Waals surface area contributed by atoms with Gasteiger partial charge in [-0.25, -0.2) is 9.59 Å². The van der Waals surface area contributed by atoms with E-state index in [4.69, 9.17) is 5.11 Å². The zero-order chi connectivity index (χ0) is 13.4. The van der Waals surface area contributed by atoms with Crippen molar-refractivity contribution in [2.75, 3.05) is 6.54 Å². The average Bonchev–Trinajstić information content (AvgIpc) is 2.81. The van der Waals surface area contributed by atoms with Crippen molar-refractivity contribution in [1.29, 1.82) is 0 Å². The summed E-state index contributed by atoms with van der Waals surface area (Å²) in [6.07, 6.45) is 3.19. The normalized spacial score (nSPS) is 11.6. The lowest BCUT2D eigenvalue weighted by Crippen LogP contribution is -2.46. The Morgan fingerprint density at radius 3 is 2.94 bits per heavy atom. The van der Waals surface area contributed by atoms with E-state index in [0.717, 1.165) is 0 Å². The van der Waals surface area contributed by atoms with Gasteiger partial charge in [0, 0.05) is 13.0 Å². The number of aliphatic carboxylic acids is 1. The van der Waals surface area contributed by atoms with E-state index in [1.807, 2.05) is 0 Å². The van der Waals surface area contributed by atoms with Crippen molar-refractivity contribution in [3.05, 3.63) is 24.9 Å². The Kier molecular flexibility index (Phi) is 5.36. The minimum Gasteiger partial charge on any atom is -0.480 e. The van der Waals surface area contributed by atoms with Gasteiger partial charge >= 0.3 is 12.0 Å². The molecule has 8 heteroatoms. The average molecular weight is 254 g/mol. The minimum absolute atomic E-state index is 0.160. The minimum atomic E-state index is -1.11. The van der Waals surface area contributed by atoms with E-state index >= 15 is 0 Å². The fourth-order valence-electron chi connectivity index (χ4n) is 1.19. The van der Waals surface area contributed by atoms with Gasteiger partial charge in [0.1, 0.15) is 6.04 Å². The van der Waals surface area contributed by atoms with Crippen LogP contribution in [0.1, 0.15) is 12.2 Å². The monoisotopic (exact) mass is 254 g/mol. The van der Waals surface area contributed by atoms with Crippen LogP contribution in [0.15, 0.2) is 23.6 Å². The largest absolute Gasteiger partial charge is 0.480 e. The molecule has 1 unspecified atom stereocenters. The van der Waals surface area contributed by atoms with Crippen molar-refractivity contribution >= 4 is 12.0 Å². The van der Waals surface area contributed by atoms with Gasteiger partial charge in [-0.15, -0.1) is 6.58 Å². The molecule has 1 rings (SSSR count). The van der Waals surface area contributed by atoms with E-state index in [1.54, 1.807) is 0 Å². The van der Waals surface area contributed by atoms with Crippen molar-refractivity contribution in [3.8, 4) is 0 Å². The molecule has 2 amide bonds. The number of aromatic nitrogens is 2. The first-order chi connectivity index (χ1) is 8.63. The van der Waals surface area contributed by atoms with Gasteiger partial charge in [0.25, 0.3) is 0 Å². The van der Waals surface area contributed by atoms with E-state index in [1.165, 1.54) is 12.5 Å². The summed E-state index contributed by atoms with van der Waals surface area (Å²) in [6, 6.07) is -1.54. The number of hydrogen-bond donors (Lipinski definition) is 3. The van der Waals surface area contributed by atoms with Crippen LogP contribution in [0, 0.1) is 0 Å². The fourth-order valence-corrected chi connectivity index (χ4v) is 1.19. The van der Waals surface area contributed by atoms with Crippen LogP contribution in [-0.4, -0.2) is 39.8 Å². The number of urea groups is 1. The third-order valence-corrected chi connectivity index (χ3v) is 2.05. The first kappa shape index (κ1) is 13.7. The summed E-state index contributed by atoms with van der Waals surface area (Å²) in [4.78, 5) is 25.9. The van der Waals surface area contributed by atoms with E-state index in [9.17, 15) is 9.59 Å². The molecule has 3 N–H and O–H groups in total. The van der Waals surface area contributed by atoms with Crippen molar-refractivity contribution in [2.45, 2.75) is 18.9 Å². The van der Waals surface area contributed by atoms with Crippen LogP contribution in [0.5, 0.6) is 0 Å². The summed E-state index contributed by atoms with van der Waals surface area (Å²) in [5.41, 5.74) is 0. The molecule has 1 atom stereocenters. The standard InChI is InChI=1S/C10H14N4O4/c1-2-3-7(9(15)16)13-10(17)11-5-4-8-12-6-18-14-8/h2,6-7H,1,3-5H2,(H,15,16)(H2,11,13,17). The number of carbonyl (C=O) groups excluding carboxylic acids is 1. The molecule has 0 saturated heterocycles. The topological polar surface area (TPSA) is 117 Å². The Balaban J connectivity index is 2.27. The third-order valence-electron chi connectivity index (χ3n) is 2.05. The van der Waals surface area contributed by atoms with E-state index in [-0.39, 0.29) is 13.0 Å². The van der Waals surface area contributed by atoms with E-state index in [2.05, 4.69) is 31.9 Å². The number of nitrogens with zero attached hydrogens (tertiary/aromatic N) is 2. The summed E-state index contributed by atoms with van der Waals surface area (Å²) < 4.78 is 4.52. The molecule has 0 saturated carbocycles. The highest BCUT2D eigenvalue weighted by Crippen LogP contribution is 1.93. The summed E-state index contributed by atoms with van der Waals surface area (Å²) in [7, 11) is 0. The van der Waals surface area contributed by atoms with Crippen molar-refractivity contribution < 1.29 is 19.2 Å². The molecule has 0 bridgehead atoms.